The largest absolute Gasteiger partial charge is 0.329 e. The van der Waals surface area contributed by atoms with E-state index in [1.165, 1.54) is 11.3 Å². The average Bonchev–Trinajstić information content (AvgIpc) is 2.82. The van der Waals surface area contributed by atoms with E-state index >= 15 is 0 Å². The maximum atomic E-state index is 11.9. The summed E-state index contributed by atoms with van der Waals surface area (Å²) in [5.41, 5.74) is 5.38. The molecular formula is C9H10BrNOS. The lowest BCUT2D eigenvalue weighted by Gasteiger charge is -2.07. The molecule has 0 spiro atoms. The van der Waals surface area contributed by atoms with Crippen LogP contribution in [0.1, 0.15) is 22.5 Å². The molecule has 0 atom stereocenters. The molecule has 1 aromatic heterocycles. The number of carbonyl (C=O) groups excluding carboxylic acids is 1. The van der Waals surface area contributed by atoms with E-state index in [0.717, 1.165) is 21.5 Å². The van der Waals surface area contributed by atoms with Gasteiger partial charge in [-0.1, -0.05) is 0 Å². The van der Waals surface area contributed by atoms with E-state index in [4.69, 9.17) is 5.73 Å². The highest BCUT2D eigenvalue weighted by molar-refractivity contribution is 9.11. The van der Waals surface area contributed by atoms with Gasteiger partial charge in [-0.25, -0.2) is 0 Å². The zero-order valence-electron chi connectivity index (χ0n) is 7.05. The van der Waals surface area contributed by atoms with Crippen LogP contribution < -0.4 is 5.73 Å². The van der Waals surface area contributed by atoms with Crippen LogP contribution in [0.2, 0.25) is 0 Å². The van der Waals surface area contributed by atoms with Gasteiger partial charge in [0, 0.05) is 12.0 Å². The predicted octanol–water partition coefficient (Wildman–Crippen LogP) is 2.43. The summed E-state index contributed by atoms with van der Waals surface area (Å²) in [6.07, 6.45) is 1.91. The van der Waals surface area contributed by atoms with Gasteiger partial charge < -0.3 is 5.73 Å². The number of halogens is 1. The second kappa shape index (κ2) is 3.19. The molecule has 0 unspecified atom stereocenters. The van der Waals surface area contributed by atoms with E-state index in [0.29, 0.717) is 6.54 Å². The van der Waals surface area contributed by atoms with Crippen molar-refractivity contribution in [3.8, 4) is 0 Å². The van der Waals surface area contributed by atoms with Crippen LogP contribution in [0.5, 0.6) is 0 Å². The highest BCUT2D eigenvalue weighted by atomic mass is 79.9. The summed E-state index contributed by atoms with van der Waals surface area (Å²) in [5, 5.41) is 0. The van der Waals surface area contributed by atoms with E-state index in [2.05, 4.69) is 15.9 Å². The molecule has 70 valence electrons. The van der Waals surface area contributed by atoms with Crippen molar-refractivity contribution in [2.75, 3.05) is 6.54 Å². The first-order chi connectivity index (χ1) is 6.18. The van der Waals surface area contributed by atoms with Crippen molar-refractivity contribution in [1.82, 2.24) is 0 Å². The molecule has 1 fully saturated rings. The minimum Gasteiger partial charge on any atom is -0.329 e. The third-order valence-corrected chi connectivity index (χ3v) is 4.15. The Hall–Kier alpha value is -0.190. The minimum atomic E-state index is -0.204. The van der Waals surface area contributed by atoms with Crippen molar-refractivity contribution < 1.29 is 4.79 Å². The summed E-state index contributed by atoms with van der Waals surface area (Å²) in [6, 6.07) is 3.78. The average molecular weight is 260 g/mol. The molecule has 0 radical (unpaired) electrons. The number of ketones is 1. The highest BCUT2D eigenvalue weighted by Crippen LogP contribution is 2.48. The second-order valence-corrected chi connectivity index (χ2v) is 5.88. The molecule has 1 aliphatic rings. The molecule has 13 heavy (non-hydrogen) atoms. The summed E-state index contributed by atoms with van der Waals surface area (Å²) in [4.78, 5) is 12.7. The number of thiophene rings is 1. The Morgan fingerprint density at radius 2 is 2.31 bits per heavy atom. The van der Waals surface area contributed by atoms with Crippen LogP contribution in [0, 0.1) is 5.41 Å². The van der Waals surface area contributed by atoms with Crippen LogP contribution in [-0.2, 0) is 0 Å². The number of carbonyl (C=O) groups is 1. The zero-order valence-corrected chi connectivity index (χ0v) is 9.45. The van der Waals surface area contributed by atoms with Gasteiger partial charge >= 0.3 is 0 Å². The Morgan fingerprint density at radius 3 is 2.69 bits per heavy atom. The molecule has 0 bridgehead atoms. The van der Waals surface area contributed by atoms with E-state index in [1.54, 1.807) is 0 Å². The third-order valence-electron chi connectivity index (χ3n) is 2.52. The fourth-order valence-corrected chi connectivity index (χ4v) is 2.82. The molecule has 0 aliphatic heterocycles. The Labute approximate surface area is 89.3 Å². The Balaban J connectivity index is 2.23. The molecular weight excluding hydrogens is 250 g/mol. The van der Waals surface area contributed by atoms with Gasteiger partial charge in [0.25, 0.3) is 0 Å². The fraction of sp³-hybridized carbons (Fsp3) is 0.444. The summed E-state index contributed by atoms with van der Waals surface area (Å²) < 4.78 is 1.00. The van der Waals surface area contributed by atoms with Gasteiger partial charge in [0.1, 0.15) is 0 Å². The molecule has 0 aromatic carbocycles. The van der Waals surface area contributed by atoms with Gasteiger partial charge in [0.15, 0.2) is 5.78 Å². The zero-order chi connectivity index (χ0) is 9.47. The Bertz CT molecular complexity index is 343. The maximum Gasteiger partial charge on any atom is 0.180 e. The van der Waals surface area contributed by atoms with Gasteiger partial charge in [-0.05, 0) is 40.9 Å². The third kappa shape index (κ3) is 1.58. The molecule has 4 heteroatoms. The van der Waals surface area contributed by atoms with Crippen LogP contribution in [0.15, 0.2) is 15.9 Å². The topological polar surface area (TPSA) is 43.1 Å². The van der Waals surface area contributed by atoms with E-state index in [1.807, 2.05) is 12.1 Å². The first-order valence-corrected chi connectivity index (χ1v) is 5.79. The van der Waals surface area contributed by atoms with Gasteiger partial charge in [-0.15, -0.1) is 11.3 Å². The standard InChI is InChI=1S/C9H10BrNOS/c10-7-2-1-6(13-7)8(12)9(5-11)3-4-9/h1-2H,3-5,11H2. The summed E-state index contributed by atoms with van der Waals surface area (Å²) in [7, 11) is 0. The molecule has 1 heterocycles. The van der Waals surface area contributed by atoms with E-state index in [-0.39, 0.29) is 11.2 Å². The number of hydrogen-bond donors (Lipinski definition) is 1. The summed E-state index contributed by atoms with van der Waals surface area (Å²) in [6.45, 7) is 0.487. The fourth-order valence-electron chi connectivity index (χ4n) is 1.37. The van der Waals surface area contributed by atoms with Gasteiger partial charge in [-0.2, -0.15) is 0 Å². The molecule has 1 aromatic rings. The monoisotopic (exact) mass is 259 g/mol. The van der Waals surface area contributed by atoms with Crippen LogP contribution in [0.4, 0.5) is 0 Å². The van der Waals surface area contributed by atoms with Crippen molar-refractivity contribution in [2.24, 2.45) is 11.1 Å². The molecule has 2 N–H and O–H groups in total. The smallest absolute Gasteiger partial charge is 0.180 e. The summed E-state index contributed by atoms with van der Waals surface area (Å²) in [5.74, 6) is 0.228. The molecule has 2 nitrogen and oxygen atoms in total. The number of hydrogen-bond acceptors (Lipinski definition) is 3. The number of rotatable bonds is 3. The lowest BCUT2D eigenvalue weighted by atomic mass is 10.0. The molecule has 1 aliphatic carbocycles. The van der Waals surface area contributed by atoms with E-state index < -0.39 is 0 Å². The minimum absolute atomic E-state index is 0.204. The van der Waals surface area contributed by atoms with Crippen molar-refractivity contribution in [2.45, 2.75) is 12.8 Å². The van der Waals surface area contributed by atoms with Crippen LogP contribution >= 0.6 is 27.3 Å². The Kier molecular flexibility index (Phi) is 2.30. The van der Waals surface area contributed by atoms with E-state index in [9.17, 15) is 4.79 Å². The summed E-state index contributed by atoms with van der Waals surface area (Å²) >= 11 is 4.83. The maximum absolute atomic E-state index is 11.9. The van der Waals surface area contributed by atoms with Crippen molar-refractivity contribution in [3.05, 3.63) is 20.8 Å². The van der Waals surface area contributed by atoms with Gasteiger partial charge in [-0.3, -0.25) is 4.79 Å². The predicted molar refractivity (Wildman–Crippen MR) is 57.1 cm³/mol. The van der Waals surface area contributed by atoms with Crippen molar-refractivity contribution in [1.29, 1.82) is 0 Å². The van der Waals surface area contributed by atoms with Crippen LogP contribution in [0.3, 0.4) is 0 Å². The number of nitrogens with two attached hydrogens (primary N) is 1. The molecule has 0 amide bonds. The van der Waals surface area contributed by atoms with Crippen LogP contribution in [-0.4, -0.2) is 12.3 Å². The normalized spacial score (nSPS) is 18.6. The second-order valence-electron chi connectivity index (χ2n) is 3.42. The lowest BCUT2D eigenvalue weighted by molar-refractivity contribution is 0.0910. The molecule has 1 saturated carbocycles. The van der Waals surface area contributed by atoms with Gasteiger partial charge in [0.2, 0.25) is 0 Å². The molecule has 2 rings (SSSR count). The first kappa shape index (κ1) is 9.37. The first-order valence-electron chi connectivity index (χ1n) is 4.18. The van der Waals surface area contributed by atoms with Crippen LogP contribution in [0.25, 0.3) is 0 Å². The SMILES string of the molecule is NCC1(C(=O)c2ccc(Br)s2)CC1. The quantitative estimate of drug-likeness (QED) is 0.848. The number of Topliss-reactive ketones (excluding diaryl/α,β-unsaturated/α-hetero) is 1. The van der Waals surface area contributed by atoms with Crippen molar-refractivity contribution in [3.63, 3.8) is 0 Å². The van der Waals surface area contributed by atoms with Gasteiger partial charge in [0.05, 0.1) is 8.66 Å². The highest BCUT2D eigenvalue weighted by Gasteiger charge is 2.48. The van der Waals surface area contributed by atoms with Crippen molar-refractivity contribution >= 4 is 33.0 Å². The lowest BCUT2D eigenvalue weighted by Crippen LogP contribution is -2.24. The Morgan fingerprint density at radius 1 is 1.62 bits per heavy atom. The molecule has 0 saturated heterocycles.